The Morgan fingerprint density at radius 1 is 1.10 bits per heavy atom. The number of amides is 1. The molecule has 0 fully saturated rings. The molecule has 0 bridgehead atoms. The maximum absolute atomic E-state index is 11.9. The van der Waals surface area contributed by atoms with E-state index >= 15 is 0 Å². The van der Waals surface area contributed by atoms with Gasteiger partial charge >= 0.3 is 0 Å². The summed E-state index contributed by atoms with van der Waals surface area (Å²) in [5.74, 6) is 0.105. The van der Waals surface area contributed by atoms with Crippen LogP contribution in [0.3, 0.4) is 0 Å². The predicted octanol–water partition coefficient (Wildman–Crippen LogP) is 2.22. The van der Waals surface area contributed by atoms with Crippen LogP contribution in [-0.2, 0) is 0 Å². The van der Waals surface area contributed by atoms with Gasteiger partial charge < -0.3 is 5.32 Å². The Labute approximate surface area is 122 Å². The van der Waals surface area contributed by atoms with Gasteiger partial charge in [0.2, 0.25) is 5.95 Å². The zero-order chi connectivity index (χ0) is 14.5. The van der Waals surface area contributed by atoms with Crippen LogP contribution in [0.2, 0.25) is 0 Å². The van der Waals surface area contributed by atoms with E-state index in [1.54, 1.807) is 24.3 Å². The van der Waals surface area contributed by atoms with E-state index in [9.17, 15) is 4.79 Å². The number of thiocarbonyl (C=S) groups is 1. The van der Waals surface area contributed by atoms with Crippen molar-refractivity contribution in [2.45, 2.75) is 13.8 Å². The van der Waals surface area contributed by atoms with Gasteiger partial charge in [-0.15, -0.1) is 0 Å². The average Bonchev–Trinajstić information content (AvgIpc) is 2.38. The predicted molar refractivity (Wildman–Crippen MR) is 81.6 cm³/mol. The van der Waals surface area contributed by atoms with E-state index in [-0.39, 0.29) is 11.0 Å². The molecule has 5 nitrogen and oxygen atoms in total. The molecular weight excluding hydrogens is 272 g/mol. The zero-order valence-electron chi connectivity index (χ0n) is 11.2. The van der Waals surface area contributed by atoms with Crippen LogP contribution in [0.4, 0.5) is 5.95 Å². The molecule has 2 rings (SSSR count). The number of nitrogens with zero attached hydrogens (tertiary/aromatic N) is 2. The summed E-state index contributed by atoms with van der Waals surface area (Å²) in [6.45, 7) is 3.73. The number of aryl methyl sites for hydroxylation is 2. The largest absolute Gasteiger partial charge is 0.301 e. The highest BCUT2D eigenvalue weighted by atomic mass is 32.1. The Hall–Kier alpha value is -2.34. The molecule has 0 spiro atoms. The number of anilines is 1. The Balaban J connectivity index is 2.01. The lowest BCUT2D eigenvalue weighted by Crippen LogP contribution is -2.34. The number of nitrogens with one attached hydrogen (secondary N) is 2. The fraction of sp³-hybridized carbons (Fsp3) is 0.143. The summed E-state index contributed by atoms with van der Waals surface area (Å²) in [7, 11) is 0. The molecule has 1 aromatic carbocycles. The molecule has 0 aliphatic carbocycles. The number of rotatable bonds is 2. The van der Waals surface area contributed by atoms with E-state index in [4.69, 9.17) is 12.2 Å². The van der Waals surface area contributed by atoms with Crippen molar-refractivity contribution in [2.24, 2.45) is 0 Å². The van der Waals surface area contributed by atoms with Crippen LogP contribution >= 0.6 is 12.2 Å². The summed E-state index contributed by atoms with van der Waals surface area (Å²) in [5, 5.41) is 5.56. The minimum atomic E-state index is -0.271. The minimum Gasteiger partial charge on any atom is -0.301 e. The first kappa shape index (κ1) is 14.1. The van der Waals surface area contributed by atoms with Gasteiger partial charge in [-0.25, -0.2) is 9.97 Å². The maximum Gasteiger partial charge on any atom is 0.257 e. The first-order valence-corrected chi connectivity index (χ1v) is 6.45. The Kier molecular flexibility index (Phi) is 4.37. The third kappa shape index (κ3) is 3.83. The van der Waals surface area contributed by atoms with Crippen molar-refractivity contribution >= 4 is 29.2 Å². The second-order valence-corrected chi connectivity index (χ2v) is 4.66. The van der Waals surface area contributed by atoms with Crippen molar-refractivity contribution in [3.8, 4) is 0 Å². The van der Waals surface area contributed by atoms with Crippen LogP contribution in [0.15, 0.2) is 36.4 Å². The number of aromatic nitrogens is 2. The lowest BCUT2D eigenvalue weighted by molar-refractivity contribution is 0.0978. The van der Waals surface area contributed by atoms with E-state index in [1.165, 1.54) is 0 Å². The van der Waals surface area contributed by atoms with E-state index in [1.807, 2.05) is 26.0 Å². The van der Waals surface area contributed by atoms with Gasteiger partial charge in [0.25, 0.3) is 5.91 Å². The Bertz CT molecular complexity index is 623. The van der Waals surface area contributed by atoms with Crippen molar-refractivity contribution in [1.29, 1.82) is 0 Å². The number of hydrogen-bond donors (Lipinski definition) is 2. The van der Waals surface area contributed by atoms with Crippen molar-refractivity contribution in [1.82, 2.24) is 15.3 Å². The second kappa shape index (κ2) is 6.21. The van der Waals surface area contributed by atoms with E-state index in [0.717, 1.165) is 11.4 Å². The SMILES string of the molecule is Cc1cc(C)nc(NC(=S)NC(=O)c2ccccc2)n1. The average molecular weight is 286 g/mol. The molecule has 102 valence electrons. The monoisotopic (exact) mass is 286 g/mol. The summed E-state index contributed by atoms with van der Waals surface area (Å²) in [6.07, 6.45) is 0. The van der Waals surface area contributed by atoms with Gasteiger partial charge in [-0.3, -0.25) is 10.1 Å². The summed E-state index contributed by atoms with van der Waals surface area (Å²) >= 11 is 5.08. The number of carbonyl (C=O) groups is 1. The quantitative estimate of drug-likeness (QED) is 0.829. The zero-order valence-corrected chi connectivity index (χ0v) is 12.0. The lowest BCUT2D eigenvalue weighted by Gasteiger charge is -2.09. The van der Waals surface area contributed by atoms with E-state index in [0.29, 0.717) is 11.5 Å². The minimum absolute atomic E-state index is 0.170. The molecule has 0 saturated heterocycles. The highest BCUT2D eigenvalue weighted by molar-refractivity contribution is 7.80. The topological polar surface area (TPSA) is 66.9 Å². The molecule has 1 heterocycles. The number of hydrogen-bond acceptors (Lipinski definition) is 4. The van der Waals surface area contributed by atoms with Crippen LogP contribution < -0.4 is 10.6 Å². The molecule has 2 N–H and O–H groups in total. The van der Waals surface area contributed by atoms with E-state index < -0.39 is 0 Å². The third-order valence-corrected chi connectivity index (χ3v) is 2.67. The van der Waals surface area contributed by atoms with Crippen molar-refractivity contribution < 1.29 is 4.79 Å². The standard InChI is InChI=1S/C14H14N4OS/c1-9-8-10(2)16-13(15-9)18-14(20)17-12(19)11-6-4-3-5-7-11/h3-8H,1-2H3,(H2,15,16,17,18,19,20). The van der Waals surface area contributed by atoms with Crippen molar-refractivity contribution in [2.75, 3.05) is 5.32 Å². The molecule has 0 radical (unpaired) electrons. The summed E-state index contributed by atoms with van der Waals surface area (Å²) in [6, 6.07) is 10.7. The van der Waals surface area contributed by atoms with Crippen LogP contribution in [0.1, 0.15) is 21.7 Å². The highest BCUT2D eigenvalue weighted by Gasteiger charge is 2.08. The molecular formula is C14H14N4OS. The van der Waals surface area contributed by atoms with Crippen molar-refractivity contribution in [3.05, 3.63) is 53.3 Å². The molecule has 0 aliphatic rings. The molecule has 6 heteroatoms. The maximum atomic E-state index is 11.9. The fourth-order valence-corrected chi connectivity index (χ4v) is 1.86. The lowest BCUT2D eigenvalue weighted by atomic mass is 10.2. The molecule has 0 atom stereocenters. The van der Waals surface area contributed by atoms with E-state index in [2.05, 4.69) is 20.6 Å². The molecule has 20 heavy (non-hydrogen) atoms. The molecule has 1 aromatic heterocycles. The van der Waals surface area contributed by atoms with Gasteiger partial charge in [0.15, 0.2) is 5.11 Å². The number of benzene rings is 1. The van der Waals surface area contributed by atoms with Crippen LogP contribution in [0.25, 0.3) is 0 Å². The normalized spacial score (nSPS) is 9.90. The van der Waals surface area contributed by atoms with Crippen LogP contribution in [0.5, 0.6) is 0 Å². The van der Waals surface area contributed by atoms with Gasteiger partial charge in [-0.05, 0) is 44.3 Å². The van der Waals surface area contributed by atoms with Crippen LogP contribution in [-0.4, -0.2) is 21.0 Å². The second-order valence-electron chi connectivity index (χ2n) is 4.25. The first-order chi connectivity index (χ1) is 9.54. The van der Waals surface area contributed by atoms with Gasteiger partial charge in [0.05, 0.1) is 0 Å². The number of carbonyl (C=O) groups excluding carboxylic acids is 1. The summed E-state index contributed by atoms with van der Waals surface area (Å²) in [4.78, 5) is 20.3. The molecule has 0 unspecified atom stereocenters. The highest BCUT2D eigenvalue weighted by Crippen LogP contribution is 2.04. The van der Waals surface area contributed by atoms with Gasteiger partial charge in [0.1, 0.15) is 0 Å². The summed E-state index contributed by atoms with van der Waals surface area (Å²) in [5.41, 5.74) is 2.20. The third-order valence-electron chi connectivity index (χ3n) is 2.47. The van der Waals surface area contributed by atoms with Gasteiger partial charge in [-0.1, -0.05) is 18.2 Å². The molecule has 1 amide bonds. The molecule has 0 saturated carbocycles. The van der Waals surface area contributed by atoms with Crippen LogP contribution in [0, 0.1) is 13.8 Å². The van der Waals surface area contributed by atoms with Crippen molar-refractivity contribution in [3.63, 3.8) is 0 Å². The molecule has 2 aromatic rings. The summed E-state index contributed by atoms with van der Waals surface area (Å²) < 4.78 is 0. The Morgan fingerprint density at radius 2 is 1.70 bits per heavy atom. The smallest absolute Gasteiger partial charge is 0.257 e. The van der Waals surface area contributed by atoms with Gasteiger partial charge in [-0.2, -0.15) is 0 Å². The molecule has 0 aliphatic heterocycles. The Morgan fingerprint density at radius 3 is 2.30 bits per heavy atom. The fourth-order valence-electron chi connectivity index (χ4n) is 1.68. The first-order valence-electron chi connectivity index (χ1n) is 6.04. The van der Waals surface area contributed by atoms with Gasteiger partial charge in [0, 0.05) is 17.0 Å².